The van der Waals surface area contributed by atoms with Gasteiger partial charge < -0.3 is 19.4 Å². The summed E-state index contributed by atoms with van der Waals surface area (Å²) in [5, 5.41) is 3.07. The Kier molecular flexibility index (Phi) is 4.74. The van der Waals surface area contributed by atoms with Crippen molar-refractivity contribution in [1.29, 1.82) is 0 Å². The third kappa shape index (κ3) is 3.69. The summed E-state index contributed by atoms with van der Waals surface area (Å²) in [5.74, 6) is 1.65. The molecule has 0 bridgehead atoms. The lowest BCUT2D eigenvalue weighted by Crippen LogP contribution is -2.35. The number of methoxy groups -OCH3 is 2. The van der Waals surface area contributed by atoms with Crippen LogP contribution in [0.25, 0.3) is 0 Å². The van der Waals surface area contributed by atoms with Crippen molar-refractivity contribution in [2.75, 3.05) is 20.8 Å². The second kappa shape index (κ2) is 6.95. The number of carbonyl (C=O) groups is 1. The molecule has 1 N–H and O–H groups in total. The molecule has 1 amide bonds. The van der Waals surface area contributed by atoms with Gasteiger partial charge in [0.2, 0.25) is 5.91 Å². The summed E-state index contributed by atoms with van der Waals surface area (Å²) in [5.41, 5.74) is 0.818. The summed E-state index contributed by atoms with van der Waals surface area (Å²) in [6.45, 7) is 1.30. The molecule has 6 nitrogen and oxygen atoms in total. The first-order valence-corrected chi connectivity index (χ1v) is 8.11. The minimum atomic E-state index is -0.257. The zero-order valence-corrected chi connectivity index (χ0v) is 14.1. The van der Waals surface area contributed by atoms with Crippen LogP contribution in [0.5, 0.6) is 11.5 Å². The Morgan fingerprint density at radius 1 is 1.25 bits per heavy atom. The molecule has 0 radical (unpaired) electrons. The second-order valence-electron chi connectivity index (χ2n) is 6.24. The first kappa shape index (κ1) is 16.4. The molecular weight excluding hydrogens is 306 g/mol. The van der Waals surface area contributed by atoms with Gasteiger partial charge in [0.05, 0.1) is 26.0 Å². The first-order valence-electron chi connectivity index (χ1n) is 8.11. The molecule has 1 heterocycles. The number of rotatable bonds is 8. The van der Waals surface area contributed by atoms with Crippen molar-refractivity contribution in [2.45, 2.75) is 25.8 Å². The summed E-state index contributed by atoms with van der Waals surface area (Å²) in [4.78, 5) is 16.5. The number of aromatic nitrogens is 2. The Morgan fingerprint density at radius 2 is 1.96 bits per heavy atom. The van der Waals surface area contributed by atoms with Crippen LogP contribution in [0.2, 0.25) is 0 Å². The molecule has 1 saturated carbocycles. The van der Waals surface area contributed by atoms with E-state index < -0.39 is 0 Å². The van der Waals surface area contributed by atoms with Gasteiger partial charge in [0.25, 0.3) is 0 Å². The van der Waals surface area contributed by atoms with E-state index in [4.69, 9.17) is 9.47 Å². The van der Waals surface area contributed by atoms with E-state index in [1.54, 1.807) is 26.7 Å². The maximum Gasteiger partial charge on any atom is 0.228 e. The Morgan fingerprint density at radius 3 is 2.50 bits per heavy atom. The minimum absolute atomic E-state index is 0.131. The van der Waals surface area contributed by atoms with Crippen LogP contribution in [0.1, 0.15) is 18.4 Å². The van der Waals surface area contributed by atoms with E-state index in [0.717, 1.165) is 36.3 Å². The van der Waals surface area contributed by atoms with Gasteiger partial charge in [0.15, 0.2) is 0 Å². The summed E-state index contributed by atoms with van der Waals surface area (Å²) < 4.78 is 12.5. The van der Waals surface area contributed by atoms with Crippen LogP contribution in [-0.2, 0) is 17.8 Å². The Bertz CT molecular complexity index is 671. The van der Waals surface area contributed by atoms with Crippen molar-refractivity contribution < 1.29 is 14.3 Å². The highest BCUT2D eigenvalue weighted by Gasteiger charge is 2.49. The molecule has 6 heteroatoms. The summed E-state index contributed by atoms with van der Waals surface area (Å²) in [7, 11) is 3.26. The van der Waals surface area contributed by atoms with Gasteiger partial charge in [-0.05, 0) is 37.0 Å². The molecule has 0 unspecified atom stereocenters. The quantitative estimate of drug-likeness (QED) is 0.805. The largest absolute Gasteiger partial charge is 0.497 e. The number of imidazole rings is 1. The summed E-state index contributed by atoms with van der Waals surface area (Å²) in [6, 6.07) is 5.77. The highest BCUT2D eigenvalue weighted by Crippen LogP contribution is 2.47. The molecule has 0 saturated heterocycles. The van der Waals surface area contributed by atoms with E-state index in [-0.39, 0.29) is 11.3 Å². The number of amides is 1. The number of nitrogens with zero attached hydrogens (tertiary/aromatic N) is 2. The van der Waals surface area contributed by atoms with Crippen molar-refractivity contribution in [1.82, 2.24) is 14.9 Å². The van der Waals surface area contributed by atoms with Crippen molar-refractivity contribution in [3.8, 4) is 11.5 Å². The van der Waals surface area contributed by atoms with Crippen LogP contribution in [-0.4, -0.2) is 36.2 Å². The first-order chi connectivity index (χ1) is 11.6. The van der Waals surface area contributed by atoms with E-state index >= 15 is 0 Å². The summed E-state index contributed by atoms with van der Waals surface area (Å²) in [6.07, 6.45) is 8.00. The zero-order valence-electron chi connectivity index (χ0n) is 14.1. The van der Waals surface area contributed by atoms with Crippen LogP contribution in [0, 0.1) is 5.41 Å². The maximum absolute atomic E-state index is 12.5. The smallest absolute Gasteiger partial charge is 0.228 e. The third-order valence-electron chi connectivity index (χ3n) is 4.49. The molecular formula is C18H23N3O3. The van der Waals surface area contributed by atoms with Gasteiger partial charge in [-0.2, -0.15) is 0 Å². The fourth-order valence-electron chi connectivity index (χ4n) is 2.86. The molecule has 1 aromatic carbocycles. The second-order valence-corrected chi connectivity index (χ2v) is 6.24. The van der Waals surface area contributed by atoms with Gasteiger partial charge in [-0.3, -0.25) is 4.79 Å². The number of nitrogens with one attached hydrogen (secondary N) is 1. The number of benzene rings is 1. The standard InChI is InChI=1S/C18H23N3O3/c1-23-15-9-14(10-16(11-15)24-2)3-6-20-17(22)18(4-5-18)12-21-8-7-19-13-21/h7-11,13H,3-6,12H2,1-2H3,(H,20,22). The lowest BCUT2D eigenvalue weighted by Gasteiger charge is -2.16. The van der Waals surface area contributed by atoms with Gasteiger partial charge in [-0.25, -0.2) is 4.98 Å². The maximum atomic E-state index is 12.5. The van der Waals surface area contributed by atoms with E-state index in [0.29, 0.717) is 13.1 Å². The lowest BCUT2D eigenvalue weighted by molar-refractivity contribution is -0.126. The molecule has 24 heavy (non-hydrogen) atoms. The van der Waals surface area contributed by atoms with Gasteiger partial charge in [0.1, 0.15) is 11.5 Å². The average molecular weight is 329 g/mol. The van der Waals surface area contributed by atoms with Crippen LogP contribution >= 0.6 is 0 Å². The highest BCUT2D eigenvalue weighted by atomic mass is 16.5. The number of hydrogen-bond donors (Lipinski definition) is 1. The topological polar surface area (TPSA) is 65.4 Å². The van der Waals surface area contributed by atoms with E-state index in [2.05, 4.69) is 10.3 Å². The van der Waals surface area contributed by atoms with Gasteiger partial charge in [0, 0.05) is 31.5 Å². The molecule has 0 atom stereocenters. The fraction of sp³-hybridized carbons (Fsp3) is 0.444. The summed E-state index contributed by atoms with van der Waals surface area (Å²) >= 11 is 0. The molecule has 3 rings (SSSR count). The van der Waals surface area contributed by atoms with E-state index in [9.17, 15) is 4.79 Å². The fourth-order valence-corrected chi connectivity index (χ4v) is 2.86. The normalized spacial score (nSPS) is 14.9. The molecule has 1 aromatic heterocycles. The number of hydrogen-bond acceptors (Lipinski definition) is 4. The molecule has 128 valence electrons. The lowest BCUT2D eigenvalue weighted by atomic mass is 10.1. The number of carbonyl (C=O) groups excluding carboxylic acids is 1. The van der Waals surface area contributed by atoms with Crippen molar-refractivity contribution in [3.63, 3.8) is 0 Å². The molecule has 0 aliphatic heterocycles. The molecule has 0 spiro atoms. The van der Waals surface area contributed by atoms with Gasteiger partial charge in [-0.15, -0.1) is 0 Å². The van der Waals surface area contributed by atoms with Gasteiger partial charge in [-0.1, -0.05) is 0 Å². The van der Waals surface area contributed by atoms with Crippen LogP contribution in [0.4, 0.5) is 0 Å². The Balaban J connectivity index is 1.54. The Hall–Kier alpha value is -2.50. The van der Waals surface area contributed by atoms with E-state index in [1.165, 1.54) is 0 Å². The monoisotopic (exact) mass is 329 g/mol. The van der Waals surface area contributed by atoms with Crippen molar-refractivity contribution >= 4 is 5.91 Å². The number of ether oxygens (including phenoxy) is 2. The SMILES string of the molecule is COc1cc(CCNC(=O)C2(Cn3ccnc3)CC2)cc(OC)c1. The van der Waals surface area contributed by atoms with Crippen LogP contribution < -0.4 is 14.8 Å². The predicted molar refractivity (Wildman–Crippen MR) is 90.2 cm³/mol. The predicted octanol–water partition coefficient (Wildman–Crippen LogP) is 2.04. The van der Waals surface area contributed by atoms with Crippen LogP contribution in [0.15, 0.2) is 36.9 Å². The molecule has 1 aliphatic rings. The molecule has 2 aromatic rings. The highest BCUT2D eigenvalue weighted by molar-refractivity contribution is 5.85. The third-order valence-corrected chi connectivity index (χ3v) is 4.49. The zero-order chi connectivity index (χ0) is 17.0. The van der Waals surface area contributed by atoms with E-state index in [1.807, 2.05) is 29.0 Å². The average Bonchev–Trinajstić information content (AvgIpc) is 3.20. The van der Waals surface area contributed by atoms with Crippen molar-refractivity contribution in [3.05, 3.63) is 42.5 Å². The van der Waals surface area contributed by atoms with Crippen molar-refractivity contribution in [2.24, 2.45) is 5.41 Å². The Labute approximate surface area is 141 Å². The minimum Gasteiger partial charge on any atom is -0.497 e. The molecule has 1 fully saturated rings. The van der Waals surface area contributed by atoms with Gasteiger partial charge >= 0.3 is 0 Å². The van der Waals surface area contributed by atoms with Crippen LogP contribution in [0.3, 0.4) is 0 Å². The molecule has 1 aliphatic carbocycles.